The van der Waals surface area contributed by atoms with Crippen molar-refractivity contribution >= 4 is 5.78 Å². The number of ketones is 1. The molecule has 1 aromatic carbocycles. The normalized spacial score (nSPS) is 9.88. The zero-order chi connectivity index (χ0) is 12.0. The van der Waals surface area contributed by atoms with Gasteiger partial charge >= 0.3 is 0 Å². The lowest BCUT2D eigenvalue weighted by molar-refractivity contribution is 0.0977. The van der Waals surface area contributed by atoms with Crippen LogP contribution in [0, 0.1) is 6.92 Å². The van der Waals surface area contributed by atoms with Gasteiger partial charge in [0.05, 0.1) is 5.56 Å². The maximum Gasteiger partial charge on any atom is 0.166 e. The van der Waals surface area contributed by atoms with E-state index in [-0.39, 0.29) is 5.78 Å². The average Bonchev–Trinajstić information content (AvgIpc) is 2.26. The maximum atomic E-state index is 11.9. The third kappa shape index (κ3) is 2.96. The fourth-order valence-corrected chi connectivity index (χ4v) is 1.62. The van der Waals surface area contributed by atoms with Crippen molar-refractivity contribution in [1.29, 1.82) is 0 Å². The zero-order valence-electron chi connectivity index (χ0n) is 9.95. The monoisotopic (exact) mass is 218 g/mol. The van der Waals surface area contributed by atoms with Gasteiger partial charge in [0.1, 0.15) is 12.4 Å². The Morgan fingerprint density at radius 3 is 2.88 bits per heavy atom. The van der Waals surface area contributed by atoms with Crippen LogP contribution >= 0.6 is 0 Å². The summed E-state index contributed by atoms with van der Waals surface area (Å²) in [5, 5.41) is 0. The smallest absolute Gasteiger partial charge is 0.166 e. The average molecular weight is 218 g/mol. The van der Waals surface area contributed by atoms with E-state index in [1.54, 1.807) is 6.08 Å². The molecule has 0 heterocycles. The van der Waals surface area contributed by atoms with Crippen LogP contribution in [0.15, 0.2) is 30.9 Å². The first kappa shape index (κ1) is 12.5. The first-order chi connectivity index (χ1) is 7.70. The molecule has 0 amide bonds. The minimum Gasteiger partial charge on any atom is -0.489 e. The molecule has 0 N–H and O–H groups in total. The molecule has 0 atom stereocenters. The number of aryl methyl sites for hydroxylation is 1. The molecule has 16 heavy (non-hydrogen) atoms. The highest BCUT2D eigenvalue weighted by atomic mass is 16.5. The third-order valence-corrected chi connectivity index (χ3v) is 2.35. The van der Waals surface area contributed by atoms with Gasteiger partial charge in [-0.1, -0.05) is 31.7 Å². The van der Waals surface area contributed by atoms with E-state index in [2.05, 4.69) is 6.58 Å². The van der Waals surface area contributed by atoms with Crippen LogP contribution in [0.2, 0.25) is 0 Å². The summed E-state index contributed by atoms with van der Waals surface area (Å²) in [6.45, 7) is 7.96. The summed E-state index contributed by atoms with van der Waals surface area (Å²) in [6, 6.07) is 5.67. The second kappa shape index (κ2) is 6.11. The Morgan fingerprint density at radius 2 is 2.25 bits per heavy atom. The van der Waals surface area contributed by atoms with Crippen LogP contribution in [-0.2, 0) is 0 Å². The molecule has 2 nitrogen and oxygen atoms in total. The van der Waals surface area contributed by atoms with Gasteiger partial charge in [-0.05, 0) is 25.0 Å². The van der Waals surface area contributed by atoms with E-state index in [1.807, 2.05) is 32.0 Å². The van der Waals surface area contributed by atoms with Crippen molar-refractivity contribution < 1.29 is 9.53 Å². The number of ether oxygens (including phenoxy) is 1. The maximum absolute atomic E-state index is 11.9. The van der Waals surface area contributed by atoms with Gasteiger partial charge in [0, 0.05) is 6.42 Å². The van der Waals surface area contributed by atoms with E-state index < -0.39 is 0 Å². The molecular formula is C14H18O2. The molecule has 1 rings (SSSR count). The largest absolute Gasteiger partial charge is 0.489 e. The van der Waals surface area contributed by atoms with Crippen LogP contribution in [0.1, 0.15) is 35.7 Å². The number of carbonyl (C=O) groups excluding carboxylic acids is 1. The Labute approximate surface area is 96.9 Å². The molecule has 0 radical (unpaired) electrons. The third-order valence-electron chi connectivity index (χ3n) is 2.35. The van der Waals surface area contributed by atoms with Crippen LogP contribution in [0.4, 0.5) is 0 Å². The second-order valence-corrected chi connectivity index (χ2v) is 3.72. The summed E-state index contributed by atoms with van der Waals surface area (Å²) in [5.74, 6) is 0.818. The summed E-state index contributed by atoms with van der Waals surface area (Å²) < 4.78 is 5.50. The first-order valence-electron chi connectivity index (χ1n) is 5.57. The standard InChI is InChI=1S/C14H18O2/c1-4-7-12(15)14-11(3)8-6-9-13(14)16-10-5-2/h5-6,8-9H,2,4,7,10H2,1,3H3. The van der Waals surface area contributed by atoms with Crippen LogP contribution < -0.4 is 4.74 Å². The lowest BCUT2D eigenvalue weighted by atomic mass is 10.0. The van der Waals surface area contributed by atoms with E-state index in [1.165, 1.54) is 0 Å². The van der Waals surface area contributed by atoms with E-state index in [9.17, 15) is 4.79 Å². The second-order valence-electron chi connectivity index (χ2n) is 3.72. The number of rotatable bonds is 6. The molecule has 0 aliphatic carbocycles. The van der Waals surface area contributed by atoms with Gasteiger partial charge in [-0.15, -0.1) is 0 Å². The number of benzene rings is 1. The lowest BCUT2D eigenvalue weighted by Crippen LogP contribution is -2.06. The van der Waals surface area contributed by atoms with Crippen molar-refractivity contribution in [3.8, 4) is 5.75 Å². The van der Waals surface area contributed by atoms with Crippen molar-refractivity contribution in [2.45, 2.75) is 26.7 Å². The van der Waals surface area contributed by atoms with Gasteiger partial charge in [-0.3, -0.25) is 4.79 Å². The number of Topliss-reactive ketones (excluding diaryl/α,β-unsaturated/α-hetero) is 1. The van der Waals surface area contributed by atoms with Crippen molar-refractivity contribution in [3.05, 3.63) is 42.0 Å². The van der Waals surface area contributed by atoms with Crippen LogP contribution in [-0.4, -0.2) is 12.4 Å². The van der Waals surface area contributed by atoms with Crippen LogP contribution in [0.5, 0.6) is 5.75 Å². The summed E-state index contributed by atoms with van der Waals surface area (Å²) in [4.78, 5) is 11.9. The van der Waals surface area contributed by atoms with Crippen molar-refractivity contribution in [2.75, 3.05) is 6.61 Å². The quantitative estimate of drug-likeness (QED) is 0.539. The molecule has 0 aliphatic heterocycles. The predicted molar refractivity (Wildman–Crippen MR) is 66.1 cm³/mol. The molecule has 1 aromatic rings. The van der Waals surface area contributed by atoms with Crippen molar-refractivity contribution in [1.82, 2.24) is 0 Å². The van der Waals surface area contributed by atoms with Crippen molar-refractivity contribution in [3.63, 3.8) is 0 Å². The first-order valence-corrected chi connectivity index (χ1v) is 5.57. The minimum absolute atomic E-state index is 0.152. The summed E-state index contributed by atoms with van der Waals surface area (Å²) in [5.41, 5.74) is 1.69. The molecule has 0 fully saturated rings. The van der Waals surface area contributed by atoms with Crippen LogP contribution in [0.3, 0.4) is 0 Å². The Morgan fingerprint density at radius 1 is 1.50 bits per heavy atom. The number of hydrogen-bond acceptors (Lipinski definition) is 2. The molecule has 0 aromatic heterocycles. The molecular weight excluding hydrogens is 200 g/mol. The predicted octanol–water partition coefficient (Wildman–Crippen LogP) is 3.54. The molecule has 0 aliphatic rings. The molecule has 86 valence electrons. The molecule has 0 bridgehead atoms. The SMILES string of the molecule is C=CCOc1cccc(C)c1C(=O)CCC. The molecule has 0 saturated carbocycles. The van der Waals surface area contributed by atoms with Gasteiger partial charge in [0.25, 0.3) is 0 Å². The van der Waals surface area contributed by atoms with Gasteiger partial charge in [-0.2, -0.15) is 0 Å². The zero-order valence-corrected chi connectivity index (χ0v) is 9.95. The minimum atomic E-state index is 0.152. The molecule has 2 heteroatoms. The highest BCUT2D eigenvalue weighted by Crippen LogP contribution is 2.24. The molecule has 0 unspecified atom stereocenters. The van der Waals surface area contributed by atoms with E-state index in [0.717, 1.165) is 12.0 Å². The lowest BCUT2D eigenvalue weighted by Gasteiger charge is -2.11. The Bertz CT molecular complexity index is 380. The van der Waals surface area contributed by atoms with Gasteiger partial charge in [0.2, 0.25) is 0 Å². The van der Waals surface area contributed by atoms with Gasteiger partial charge in [0.15, 0.2) is 5.78 Å². The van der Waals surface area contributed by atoms with E-state index >= 15 is 0 Å². The highest BCUT2D eigenvalue weighted by molar-refractivity contribution is 6.00. The molecule has 0 spiro atoms. The number of carbonyl (C=O) groups is 1. The Hall–Kier alpha value is -1.57. The Balaban J connectivity index is 3.02. The fourth-order valence-electron chi connectivity index (χ4n) is 1.62. The van der Waals surface area contributed by atoms with Crippen molar-refractivity contribution in [2.24, 2.45) is 0 Å². The van der Waals surface area contributed by atoms with E-state index in [4.69, 9.17) is 4.74 Å². The molecule has 0 saturated heterocycles. The van der Waals surface area contributed by atoms with E-state index in [0.29, 0.717) is 24.3 Å². The summed E-state index contributed by atoms with van der Waals surface area (Å²) >= 11 is 0. The van der Waals surface area contributed by atoms with Crippen LogP contribution in [0.25, 0.3) is 0 Å². The summed E-state index contributed by atoms with van der Waals surface area (Å²) in [7, 11) is 0. The highest BCUT2D eigenvalue weighted by Gasteiger charge is 2.13. The number of hydrogen-bond donors (Lipinski definition) is 0. The fraction of sp³-hybridized carbons (Fsp3) is 0.357. The van der Waals surface area contributed by atoms with Gasteiger partial charge < -0.3 is 4.74 Å². The van der Waals surface area contributed by atoms with Gasteiger partial charge in [-0.25, -0.2) is 0 Å². The topological polar surface area (TPSA) is 26.3 Å². The Kier molecular flexibility index (Phi) is 4.77. The summed E-state index contributed by atoms with van der Waals surface area (Å²) in [6.07, 6.45) is 3.10.